The highest BCUT2D eigenvalue weighted by Crippen LogP contribution is 2.53. The zero-order valence-electron chi connectivity index (χ0n) is 16.2. The lowest BCUT2D eigenvalue weighted by Crippen LogP contribution is -2.45. The molecule has 164 valence electrons. The van der Waals surface area contributed by atoms with Crippen LogP contribution in [0.5, 0.6) is 0 Å². The van der Waals surface area contributed by atoms with E-state index in [9.17, 15) is 23.1 Å². The number of carbonyl (C=O) groups excluding carboxylic acids is 1. The summed E-state index contributed by atoms with van der Waals surface area (Å²) in [6, 6.07) is -0.600. The predicted octanol–water partition coefficient (Wildman–Crippen LogP) is 1.96. The number of hydrogen-bond donors (Lipinski definition) is 3. The fraction of sp³-hybridized carbons (Fsp3) is 0.611. The van der Waals surface area contributed by atoms with Gasteiger partial charge in [-0.3, -0.25) is 4.79 Å². The molecule has 30 heavy (non-hydrogen) atoms. The highest BCUT2D eigenvalue weighted by Gasteiger charge is 2.45. The number of allylic oxidation sites excluding steroid dienone is 2. The lowest BCUT2D eigenvalue weighted by Gasteiger charge is -2.33. The number of amides is 1. The molecule has 0 radical (unpaired) electrons. The number of aliphatic hydroxyl groups is 1. The smallest absolute Gasteiger partial charge is 0.405 e. The molecule has 0 aromatic carbocycles. The van der Waals surface area contributed by atoms with Gasteiger partial charge in [-0.1, -0.05) is 5.10 Å². The third kappa shape index (κ3) is 4.53. The maximum absolute atomic E-state index is 12.6. The molecule has 0 bridgehead atoms. The van der Waals surface area contributed by atoms with Crippen molar-refractivity contribution in [3.8, 4) is 0 Å². The van der Waals surface area contributed by atoms with E-state index >= 15 is 0 Å². The molecule has 3 N–H and O–H groups in total. The molecule has 3 aliphatic rings. The Hall–Kier alpha value is -2.76. The first-order valence-electron chi connectivity index (χ1n) is 9.66. The van der Waals surface area contributed by atoms with Gasteiger partial charge in [0.2, 0.25) is 5.91 Å². The van der Waals surface area contributed by atoms with Gasteiger partial charge >= 0.3 is 12.4 Å². The van der Waals surface area contributed by atoms with Crippen LogP contribution in [0.3, 0.4) is 0 Å². The third-order valence-corrected chi connectivity index (χ3v) is 5.67. The zero-order valence-corrected chi connectivity index (χ0v) is 16.2. The Balaban J connectivity index is 1.35. The lowest BCUT2D eigenvalue weighted by atomic mass is 9.93. The first-order valence-corrected chi connectivity index (χ1v) is 9.66. The van der Waals surface area contributed by atoms with E-state index in [1.165, 1.54) is 18.9 Å². The summed E-state index contributed by atoms with van der Waals surface area (Å²) >= 11 is 0. The topological polar surface area (TPSA) is 113 Å². The molecular weight excluding hydrogens is 407 g/mol. The van der Waals surface area contributed by atoms with E-state index in [1.807, 2.05) is 4.90 Å². The minimum Gasteiger partial charge on any atom is -0.405 e. The SMILES string of the molecule is C[C@H](Nc1nnc(C2=CC=C(OC(F)(F)F)C(O)N2)o1)C(=O)N1CCC2(CC1)CC2. The Morgan fingerprint density at radius 3 is 2.63 bits per heavy atom. The number of aliphatic hydroxyl groups excluding tert-OH is 1. The zero-order chi connectivity index (χ0) is 21.5. The second kappa shape index (κ2) is 7.49. The van der Waals surface area contributed by atoms with Crippen LogP contribution in [0.1, 0.15) is 38.5 Å². The second-order valence-corrected chi connectivity index (χ2v) is 7.85. The molecule has 1 unspecified atom stereocenters. The highest BCUT2D eigenvalue weighted by molar-refractivity contribution is 5.83. The molecule has 1 saturated carbocycles. The van der Waals surface area contributed by atoms with Gasteiger partial charge in [0.15, 0.2) is 12.0 Å². The van der Waals surface area contributed by atoms with Crippen molar-refractivity contribution in [2.45, 2.75) is 51.2 Å². The monoisotopic (exact) mass is 429 g/mol. The molecule has 1 amide bonds. The van der Waals surface area contributed by atoms with Gasteiger partial charge in [0.1, 0.15) is 11.7 Å². The van der Waals surface area contributed by atoms with Gasteiger partial charge < -0.3 is 29.8 Å². The van der Waals surface area contributed by atoms with E-state index in [4.69, 9.17) is 4.42 Å². The summed E-state index contributed by atoms with van der Waals surface area (Å²) in [6.45, 7) is 3.17. The number of alkyl halides is 3. The average molecular weight is 429 g/mol. The summed E-state index contributed by atoms with van der Waals surface area (Å²) in [7, 11) is 0. The number of aromatic nitrogens is 2. The molecule has 12 heteroatoms. The molecule has 1 spiro atoms. The van der Waals surface area contributed by atoms with Gasteiger partial charge in [0, 0.05) is 13.1 Å². The molecular formula is C18H22F3N5O4. The quantitative estimate of drug-likeness (QED) is 0.651. The van der Waals surface area contributed by atoms with E-state index in [0.717, 1.165) is 32.0 Å². The molecule has 1 aromatic rings. The molecule has 1 saturated heterocycles. The van der Waals surface area contributed by atoms with Crippen LogP contribution in [0.2, 0.25) is 0 Å². The number of nitrogens with one attached hydrogen (secondary N) is 2. The molecule has 9 nitrogen and oxygen atoms in total. The summed E-state index contributed by atoms with van der Waals surface area (Å²) in [5, 5.41) is 22.6. The number of piperidine rings is 1. The molecule has 2 aliphatic heterocycles. The number of nitrogens with zero attached hydrogens (tertiary/aromatic N) is 3. The van der Waals surface area contributed by atoms with Crippen molar-refractivity contribution in [1.82, 2.24) is 20.4 Å². The maximum Gasteiger partial charge on any atom is 0.572 e. The standard InChI is InChI=1S/C18H22F3N5O4/c1-10(15(28)26-8-6-17(4-5-17)7-9-26)22-16-25-24-14(29-16)11-2-3-12(13(27)23-11)30-18(19,20)21/h2-3,10,13,23,27H,4-9H2,1H3,(H,22,25)/t10-,13?/m0/s1. The maximum atomic E-state index is 12.6. The first kappa shape index (κ1) is 20.5. The number of anilines is 1. The summed E-state index contributed by atoms with van der Waals surface area (Å²) < 4.78 is 46.0. The van der Waals surface area contributed by atoms with Gasteiger partial charge in [0.05, 0.1) is 0 Å². The molecule has 2 fully saturated rings. The molecule has 2 atom stereocenters. The van der Waals surface area contributed by atoms with Crippen molar-refractivity contribution in [3.63, 3.8) is 0 Å². The third-order valence-electron chi connectivity index (χ3n) is 5.67. The molecule has 1 aliphatic carbocycles. The summed E-state index contributed by atoms with van der Waals surface area (Å²) in [5.74, 6) is -0.836. The van der Waals surface area contributed by atoms with Crippen molar-refractivity contribution >= 4 is 17.6 Å². The Morgan fingerprint density at radius 1 is 1.33 bits per heavy atom. The van der Waals surface area contributed by atoms with Crippen LogP contribution in [-0.4, -0.2) is 57.8 Å². The Kier molecular flexibility index (Phi) is 5.12. The fourth-order valence-corrected chi connectivity index (χ4v) is 3.67. The van der Waals surface area contributed by atoms with E-state index in [0.29, 0.717) is 5.41 Å². The first-order chi connectivity index (χ1) is 14.1. The van der Waals surface area contributed by atoms with Gasteiger partial charge in [-0.05, 0) is 50.2 Å². The Labute approximate surface area is 170 Å². The number of rotatable bonds is 5. The van der Waals surface area contributed by atoms with Crippen molar-refractivity contribution in [1.29, 1.82) is 0 Å². The van der Waals surface area contributed by atoms with Gasteiger partial charge in [-0.25, -0.2) is 0 Å². The largest absolute Gasteiger partial charge is 0.572 e. The minimum absolute atomic E-state index is 0.0139. The normalized spacial score (nSPS) is 23.9. The Morgan fingerprint density at radius 2 is 2.03 bits per heavy atom. The second-order valence-electron chi connectivity index (χ2n) is 7.85. The summed E-state index contributed by atoms with van der Waals surface area (Å²) in [4.78, 5) is 14.5. The van der Waals surface area contributed by atoms with E-state index in [-0.39, 0.29) is 23.5 Å². The number of carbonyl (C=O) groups is 1. The number of hydrogen-bond acceptors (Lipinski definition) is 8. The average Bonchev–Trinajstić information content (AvgIpc) is 3.27. The van der Waals surface area contributed by atoms with Crippen LogP contribution in [0.4, 0.5) is 19.2 Å². The van der Waals surface area contributed by atoms with Crippen LogP contribution in [-0.2, 0) is 9.53 Å². The van der Waals surface area contributed by atoms with Crippen LogP contribution in [0.15, 0.2) is 22.3 Å². The van der Waals surface area contributed by atoms with Crippen molar-refractivity contribution in [2.75, 3.05) is 18.4 Å². The van der Waals surface area contributed by atoms with Crippen molar-refractivity contribution < 1.29 is 32.2 Å². The van der Waals surface area contributed by atoms with Crippen molar-refractivity contribution in [3.05, 3.63) is 23.8 Å². The van der Waals surface area contributed by atoms with Gasteiger partial charge in [-0.2, -0.15) is 0 Å². The summed E-state index contributed by atoms with van der Waals surface area (Å²) in [6.07, 6.45) is 0.0907. The lowest BCUT2D eigenvalue weighted by molar-refractivity contribution is -0.310. The predicted molar refractivity (Wildman–Crippen MR) is 97.2 cm³/mol. The van der Waals surface area contributed by atoms with E-state index in [1.54, 1.807) is 6.92 Å². The molecule has 1 aromatic heterocycles. The number of ether oxygens (including phenoxy) is 1. The van der Waals surface area contributed by atoms with Crippen molar-refractivity contribution in [2.24, 2.45) is 5.41 Å². The summed E-state index contributed by atoms with van der Waals surface area (Å²) in [5.41, 5.74) is 0.585. The number of halogens is 3. The number of dihydropyridines is 1. The van der Waals surface area contributed by atoms with Crippen LogP contribution >= 0.6 is 0 Å². The van der Waals surface area contributed by atoms with E-state index < -0.39 is 24.4 Å². The van der Waals surface area contributed by atoms with Crippen LogP contribution in [0.25, 0.3) is 5.70 Å². The highest BCUT2D eigenvalue weighted by atomic mass is 19.4. The van der Waals surface area contributed by atoms with Gasteiger partial charge in [-0.15, -0.1) is 18.3 Å². The number of likely N-dealkylation sites (tertiary alicyclic amines) is 1. The van der Waals surface area contributed by atoms with Gasteiger partial charge in [0.25, 0.3) is 5.89 Å². The minimum atomic E-state index is -4.92. The Bertz CT molecular complexity index is 867. The van der Waals surface area contributed by atoms with Crippen LogP contribution in [0, 0.1) is 5.41 Å². The van der Waals surface area contributed by atoms with Crippen LogP contribution < -0.4 is 10.6 Å². The van der Waals surface area contributed by atoms with E-state index in [2.05, 4.69) is 25.6 Å². The molecule has 4 rings (SSSR count). The molecule has 3 heterocycles. The fourth-order valence-electron chi connectivity index (χ4n) is 3.67.